The van der Waals surface area contributed by atoms with Gasteiger partial charge in [0.05, 0.1) is 12.5 Å². The molecule has 4 aliphatic carbocycles. The zero-order valence-electron chi connectivity index (χ0n) is 30.1. The minimum Gasteiger partial charge on any atom is -0.508 e. The molecule has 3 aromatic carbocycles. The van der Waals surface area contributed by atoms with Crippen LogP contribution in [0.4, 0.5) is 0 Å². The summed E-state index contributed by atoms with van der Waals surface area (Å²) in [6.45, 7) is 0.213. The Labute approximate surface area is 304 Å². The second kappa shape index (κ2) is 16.2. The van der Waals surface area contributed by atoms with Crippen LogP contribution in [0, 0.1) is 29.6 Å². The highest BCUT2D eigenvalue weighted by Gasteiger charge is 2.49. The summed E-state index contributed by atoms with van der Waals surface area (Å²) in [6, 6.07) is 25.5. The van der Waals surface area contributed by atoms with Gasteiger partial charge < -0.3 is 15.3 Å². The third kappa shape index (κ3) is 8.12. The maximum absolute atomic E-state index is 13.3. The molecule has 4 nitrogen and oxygen atoms in total. The Hall–Kier alpha value is -3.89. The number of aromatic hydroxyl groups is 1. The molecule has 0 aliphatic heterocycles. The van der Waals surface area contributed by atoms with Crippen molar-refractivity contribution in [2.75, 3.05) is 6.61 Å². The summed E-state index contributed by atoms with van der Waals surface area (Å²) in [7, 11) is 0. The van der Waals surface area contributed by atoms with Gasteiger partial charge in [0.25, 0.3) is 0 Å². The molecule has 0 saturated heterocycles. The number of phenols is 1. The van der Waals surface area contributed by atoms with Crippen LogP contribution in [-0.2, 0) is 16.6 Å². The molecule has 0 aromatic heterocycles. The van der Waals surface area contributed by atoms with Crippen molar-refractivity contribution in [3.05, 3.63) is 124 Å². The van der Waals surface area contributed by atoms with Crippen LogP contribution >= 0.6 is 0 Å². The lowest BCUT2D eigenvalue weighted by Gasteiger charge is -2.48. The van der Waals surface area contributed by atoms with Gasteiger partial charge in [0.15, 0.2) is 0 Å². The number of aliphatic carboxylic acids is 1. The number of carboxylic acids is 1. The second-order valence-corrected chi connectivity index (χ2v) is 16.2. The number of hydrogen-bond acceptors (Lipinski definition) is 3. The highest BCUT2D eigenvalue weighted by molar-refractivity contribution is 5.73. The summed E-state index contributed by atoms with van der Waals surface area (Å²) in [5.41, 5.74) is 4.51. The molecular formula is C47H56O4. The van der Waals surface area contributed by atoms with Crippen LogP contribution in [0.5, 0.6) is 5.75 Å². The van der Waals surface area contributed by atoms with Crippen molar-refractivity contribution in [1.82, 2.24) is 0 Å². The van der Waals surface area contributed by atoms with Crippen molar-refractivity contribution in [3.8, 4) is 5.75 Å². The molecule has 2 bridgehead atoms. The number of unbranched alkanes of at least 4 members (excludes halogenated alkanes) is 3. The molecule has 0 heterocycles. The lowest BCUT2D eigenvalue weighted by Crippen LogP contribution is -2.47. The fraction of sp³-hybridized carbons (Fsp3) is 0.468. The van der Waals surface area contributed by atoms with E-state index >= 15 is 0 Å². The van der Waals surface area contributed by atoms with Crippen LogP contribution in [0.3, 0.4) is 0 Å². The second-order valence-electron chi connectivity index (χ2n) is 16.2. The lowest BCUT2D eigenvalue weighted by molar-refractivity contribution is -0.145. The number of allylic oxidation sites excluding steroid dienone is 3. The van der Waals surface area contributed by atoms with Crippen molar-refractivity contribution >= 4 is 18.1 Å². The molecule has 268 valence electrons. The first-order valence-electron chi connectivity index (χ1n) is 19.8. The average Bonchev–Trinajstić information content (AvgIpc) is 3.61. The van der Waals surface area contributed by atoms with Crippen LogP contribution in [0.15, 0.2) is 96.6 Å². The molecule has 3 N–H and O–H groups in total. The SMILES string of the molecule is O=C(O)[C@@H]1CC=CC[C@H](CCCCCC[C@H]2C=C(CO)CC2)[C@H](c2ccc(O)cc2)Cc2cccc(c2)[C@]12CC[C@@H]1C=c3ccccc3=C[C@H]1C2. The smallest absolute Gasteiger partial charge is 0.307 e. The third-order valence-electron chi connectivity index (χ3n) is 13.1. The first-order chi connectivity index (χ1) is 24.9. The van der Waals surface area contributed by atoms with Crippen LogP contribution in [-0.4, -0.2) is 27.9 Å². The zero-order chi connectivity index (χ0) is 35.2. The third-order valence-corrected chi connectivity index (χ3v) is 13.1. The molecule has 1 spiro atoms. The van der Waals surface area contributed by atoms with E-state index in [9.17, 15) is 20.1 Å². The van der Waals surface area contributed by atoms with Gasteiger partial charge in [0, 0.05) is 5.41 Å². The van der Waals surface area contributed by atoms with Gasteiger partial charge in [-0.1, -0.05) is 117 Å². The maximum Gasteiger partial charge on any atom is 0.307 e. The Morgan fingerprint density at radius 2 is 1.53 bits per heavy atom. The number of rotatable bonds is 10. The van der Waals surface area contributed by atoms with E-state index in [0.717, 1.165) is 44.9 Å². The van der Waals surface area contributed by atoms with Gasteiger partial charge in [-0.2, -0.15) is 0 Å². The normalized spacial score (nSPS) is 28.7. The first-order valence-corrected chi connectivity index (χ1v) is 19.8. The standard InChI is InChI=1S/C47H56O4/c48-32-35-19-18-33(26-35)10-3-1-2-4-12-36-13-7-8-17-45(46(50)51)47(25-24-40-29-38-14-5-6-15-39(38)30-41(40)31-47)42-16-9-11-34(27-42)28-44(36)37-20-22-43(49)23-21-37/h5-9,11,14-16,20-23,26-27,29-30,33,36,40-41,44-45,48-49H,1-4,10,12-13,17-19,24-25,28,31-32H2,(H,50,51)/t33-,36+,40-,41+,44-,45+,47-/m1/s1. The van der Waals surface area contributed by atoms with Gasteiger partial charge in [-0.05, 0) is 139 Å². The molecule has 7 atom stereocenters. The number of benzene rings is 3. The highest BCUT2D eigenvalue weighted by atomic mass is 16.4. The monoisotopic (exact) mass is 684 g/mol. The summed E-state index contributed by atoms with van der Waals surface area (Å²) in [5, 5.41) is 33.1. The molecule has 0 radical (unpaired) electrons. The quantitative estimate of drug-likeness (QED) is 0.147. The van der Waals surface area contributed by atoms with Crippen molar-refractivity contribution in [2.45, 2.75) is 101 Å². The molecule has 3 aromatic rings. The average molecular weight is 685 g/mol. The molecule has 0 amide bonds. The molecule has 7 rings (SSSR count). The number of aliphatic hydroxyl groups excluding tert-OH is 1. The van der Waals surface area contributed by atoms with E-state index in [0.29, 0.717) is 41.8 Å². The van der Waals surface area contributed by atoms with Crippen molar-refractivity contribution in [2.24, 2.45) is 29.6 Å². The zero-order valence-corrected chi connectivity index (χ0v) is 30.1. The van der Waals surface area contributed by atoms with Crippen molar-refractivity contribution < 1.29 is 20.1 Å². The van der Waals surface area contributed by atoms with Gasteiger partial charge in [0.1, 0.15) is 5.75 Å². The minimum atomic E-state index is -0.681. The molecule has 0 unspecified atom stereocenters. The summed E-state index contributed by atoms with van der Waals surface area (Å²) in [5.74, 6) is 1.24. The number of carbonyl (C=O) groups is 1. The van der Waals surface area contributed by atoms with Gasteiger partial charge >= 0.3 is 5.97 Å². The fourth-order valence-electron chi connectivity index (χ4n) is 10.2. The fourth-order valence-corrected chi connectivity index (χ4v) is 10.2. The lowest BCUT2D eigenvalue weighted by atomic mass is 9.55. The molecule has 1 fully saturated rings. The summed E-state index contributed by atoms with van der Waals surface area (Å²) >= 11 is 0. The van der Waals surface area contributed by atoms with Gasteiger partial charge in [-0.25, -0.2) is 0 Å². The molecule has 4 heteroatoms. The molecular weight excluding hydrogens is 629 g/mol. The van der Waals surface area contributed by atoms with Crippen LogP contribution in [0.2, 0.25) is 0 Å². The van der Waals surface area contributed by atoms with Gasteiger partial charge in [-0.3, -0.25) is 4.79 Å². The Kier molecular flexibility index (Phi) is 11.3. The van der Waals surface area contributed by atoms with E-state index < -0.39 is 17.3 Å². The van der Waals surface area contributed by atoms with E-state index in [-0.39, 0.29) is 6.61 Å². The predicted octanol–water partition coefficient (Wildman–Crippen LogP) is 8.98. The number of hydrogen-bond donors (Lipinski definition) is 3. The van der Waals surface area contributed by atoms with E-state index in [1.165, 1.54) is 71.2 Å². The van der Waals surface area contributed by atoms with Gasteiger partial charge in [0.2, 0.25) is 0 Å². The number of carboxylic acid groups (broad SMARTS) is 1. The Bertz CT molecular complexity index is 1840. The van der Waals surface area contributed by atoms with Gasteiger partial charge in [-0.15, -0.1) is 0 Å². The van der Waals surface area contributed by atoms with E-state index in [4.69, 9.17) is 0 Å². The minimum absolute atomic E-state index is 0.213. The van der Waals surface area contributed by atoms with E-state index in [1.54, 1.807) is 0 Å². The van der Waals surface area contributed by atoms with Crippen LogP contribution in [0.25, 0.3) is 12.2 Å². The Balaban J connectivity index is 1.14. The van der Waals surface area contributed by atoms with Crippen LogP contribution in [0.1, 0.15) is 106 Å². The highest BCUT2D eigenvalue weighted by Crippen LogP contribution is 2.52. The summed E-state index contributed by atoms with van der Waals surface area (Å²) < 4.78 is 0. The Morgan fingerprint density at radius 1 is 0.784 bits per heavy atom. The molecule has 1 saturated carbocycles. The van der Waals surface area contributed by atoms with Crippen molar-refractivity contribution in [3.63, 3.8) is 0 Å². The number of fused-ring (bicyclic) bond motifs is 5. The van der Waals surface area contributed by atoms with E-state index in [2.05, 4.69) is 91.0 Å². The summed E-state index contributed by atoms with van der Waals surface area (Å²) in [4.78, 5) is 13.3. The molecule has 51 heavy (non-hydrogen) atoms. The topological polar surface area (TPSA) is 77.8 Å². The summed E-state index contributed by atoms with van der Waals surface area (Å²) in [6.07, 6.45) is 26.2. The largest absolute Gasteiger partial charge is 0.508 e. The molecule has 4 aliphatic rings. The first kappa shape index (κ1) is 35.5. The number of phenolic OH excluding ortho intramolecular Hbond substituents is 1. The van der Waals surface area contributed by atoms with Crippen LogP contribution < -0.4 is 10.4 Å². The van der Waals surface area contributed by atoms with Crippen molar-refractivity contribution in [1.29, 1.82) is 0 Å². The van der Waals surface area contributed by atoms with E-state index in [1.807, 2.05) is 12.1 Å². The predicted molar refractivity (Wildman–Crippen MR) is 207 cm³/mol. The Morgan fingerprint density at radius 3 is 2.27 bits per heavy atom. The number of aliphatic hydroxyl groups is 1. The maximum atomic E-state index is 13.3.